The van der Waals surface area contributed by atoms with E-state index < -0.39 is 0 Å². The van der Waals surface area contributed by atoms with E-state index in [-0.39, 0.29) is 0 Å². The predicted octanol–water partition coefficient (Wildman–Crippen LogP) is 2.64. The zero-order valence-electron chi connectivity index (χ0n) is 10.8. The lowest BCUT2D eigenvalue weighted by Crippen LogP contribution is -2.35. The second kappa shape index (κ2) is 5.48. The summed E-state index contributed by atoms with van der Waals surface area (Å²) in [5.74, 6) is 0. The van der Waals surface area contributed by atoms with E-state index in [1.165, 1.54) is 23.2 Å². The Labute approximate surface area is 104 Å². The van der Waals surface area contributed by atoms with Crippen molar-refractivity contribution in [2.45, 2.75) is 32.9 Å². The van der Waals surface area contributed by atoms with E-state index in [9.17, 15) is 0 Å². The van der Waals surface area contributed by atoms with Gasteiger partial charge in [0.1, 0.15) is 0 Å². The second-order valence-electron chi connectivity index (χ2n) is 4.99. The first-order valence-electron chi connectivity index (χ1n) is 6.43. The summed E-state index contributed by atoms with van der Waals surface area (Å²) in [6, 6.07) is 9.22. The Hall–Kier alpha value is -1.12. The molecule has 2 heteroatoms. The molecule has 0 radical (unpaired) electrons. The normalized spacial score (nSPS) is 17.3. The summed E-state index contributed by atoms with van der Waals surface area (Å²) in [5.41, 5.74) is 9.68. The van der Waals surface area contributed by atoms with E-state index in [0.717, 1.165) is 13.0 Å². The SMILES string of the molecule is CC(C)N1CCC=C(c2cccc(CN)c2)C1. The molecule has 1 aliphatic rings. The quantitative estimate of drug-likeness (QED) is 0.865. The van der Waals surface area contributed by atoms with Gasteiger partial charge in [0.2, 0.25) is 0 Å². The van der Waals surface area contributed by atoms with Crippen molar-refractivity contribution in [1.29, 1.82) is 0 Å². The van der Waals surface area contributed by atoms with Crippen molar-refractivity contribution in [3.8, 4) is 0 Å². The lowest BCUT2D eigenvalue weighted by Gasteiger charge is -2.30. The predicted molar refractivity (Wildman–Crippen MR) is 73.6 cm³/mol. The van der Waals surface area contributed by atoms with Gasteiger partial charge < -0.3 is 5.73 Å². The van der Waals surface area contributed by atoms with Gasteiger partial charge in [-0.15, -0.1) is 0 Å². The van der Waals surface area contributed by atoms with Crippen molar-refractivity contribution in [3.63, 3.8) is 0 Å². The number of nitrogens with two attached hydrogens (primary N) is 1. The molecule has 0 aromatic heterocycles. The Morgan fingerprint density at radius 2 is 2.18 bits per heavy atom. The van der Waals surface area contributed by atoms with Gasteiger partial charge >= 0.3 is 0 Å². The minimum absolute atomic E-state index is 0.620. The monoisotopic (exact) mass is 230 g/mol. The van der Waals surface area contributed by atoms with E-state index in [4.69, 9.17) is 5.73 Å². The molecule has 17 heavy (non-hydrogen) atoms. The highest BCUT2D eigenvalue weighted by Crippen LogP contribution is 2.22. The summed E-state index contributed by atoms with van der Waals surface area (Å²) in [7, 11) is 0. The molecule has 1 heterocycles. The maximum Gasteiger partial charge on any atom is 0.0239 e. The molecule has 92 valence electrons. The van der Waals surface area contributed by atoms with Gasteiger partial charge in [-0.3, -0.25) is 4.90 Å². The van der Waals surface area contributed by atoms with Crippen LogP contribution in [0.1, 0.15) is 31.4 Å². The summed E-state index contributed by atoms with van der Waals surface area (Å²) in [6.45, 7) is 7.39. The molecule has 2 rings (SSSR count). The van der Waals surface area contributed by atoms with Crippen LogP contribution in [0.15, 0.2) is 30.3 Å². The van der Waals surface area contributed by atoms with Crippen LogP contribution in [0.25, 0.3) is 5.57 Å². The number of hydrogen-bond donors (Lipinski definition) is 1. The van der Waals surface area contributed by atoms with Gasteiger partial charge in [-0.25, -0.2) is 0 Å². The van der Waals surface area contributed by atoms with Gasteiger partial charge in [0, 0.05) is 25.7 Å². The van der Waals surface area contributed by atoms with Gasteiger partial charge in [0.15, 0.2) is 0 Å². The summed E-state index contributed by atoms with van der Waals surface area (Å²) in [6.07, 6.45) is 3.52. The lowest BCUT2D eigenvalue weighted by molar-refractivity contribution is 0.248. The minimum atomic E-state index is 0.620. The molecule has 0 aliphatic carbocycles. The van der Waals surface area contributed by atoms with Crippen LogP contribution in [0.5, 0.6) is 0 Å². The van der Waals surface area contributed by atoms with Crippen LogP contribution in [0.3, 0.4) is 0 Å². The molecule has 1 aliphatic heterocycles. The molecule has 0 bridgehead atoms. The largest absolute Gasteiger partial charge is 0.326 e. The van der Waals surface area contributed by atoms with E-state index in [0.29, 0.717) is 12.6 Å². The molecule has 1 aromatic carbocycles. The standard InChI is InChI=1S/C15H22N2/c1-12(2)17-8-4-7-15(11-17)14-6-3-5-13(9-14)10-16/h3,5-7,9,12H,4,8,10-11,16H2,1-2H3. The van der Waals surface area contributed by atoms with Gasteiger partial charge in [0.25, 0.3) is 0 Å². The Morgan fingerprint density at radius 1 is 1.35 bits per heavy atom. The van der Waals surface area contributed by atoms with Gasteiger partial charge in [-0.1, -0.05) is 30.3 Å². The van der Waals surface area contributed by atoms with Crippen molar-refractivity contribution >= 4 is 5.57 Å². The molecule has 2 nitrogen and oxygen atoms in total. The van der Waals surface area contributed by atoms with Crippen LogP contribution < -0.4 is 5.73 Å². The average Bonchev–Trinajstić information content (AvgIpc) is 2.39. The van der Waals surface area contributed by atoms with Crippen LogP contribution in [0.2, 0.25) is 0 Å². The minimum Gasteiger partial charge on any atom is -0.326 e. The summed E-state index contributed by atoms with van der Waals surface area (Å²) in [5, 5.41) is 0. The smallest absolute Gasteiger partial charge is 0.0239 e. The number of nitrogens with zero attached hydrogens (tertiary/aromatic N) is 1. The highest BCUT2D eigenvalue weighted by atomic mass is 15.1. The Morgan fingerprint density at radius 3 is 2.88 bits per heavy atom. The molecule has 0 fully saturated rings. The van der Waals surface area contributed by atoms with Crippen molar-refractivity contribution in [2.75, 3.05) is 13.1 Å². The fraction of sp³-hybridized carbons (Fsp3) is 0.467. The van der Waals surface area contributed by atoms with Gasteiger partial charge in [0.05, 0.1) is 0 Å². The van der Waals surface area contributed by atoms with E-state index in [1.807, 2.05) is 0 Å². The third kappa shape index (κ3) is 2.96. The molecule has 0 unspecified atom stereocenters. The molecular weight excluding hydrogens is 208 g/mol. The molecule has 0 saturated heterocycles. The third-order valence-electron chi connectivity index (χ3n) is 3.44. The highest BCUT2D eigenvalue weighted by molar-refractivity contribution is 5.68. The van der Waals surface area contributed by atoms with E-state index in [2.05, 4.69) is 49.1 Å². The van der Waals surface area contributed by atoms with E-state index in [1.54, 1.807) is 0 Å². The third-order valence-corrected chi connectivity index (χ3v) is 3.44. The molecule has 0 amide bonds. The number of benzene rings is 1. The molecule has 2 N–H and O–H groups in total. The maximum absolute atomic E-state index is 5.69. The molecule has 0 saturated carbocycles. The zero-order chi connectivity index (χ0) is 12.3. The molecule has 0 spiro atoms. The van der Waals surface area contributed by atoms with Crippen molar-refractivity contribution in [2.24, 2.45) is 5.73 Å². The maximum atomic E-state index is 5.69. The Bertz CT molecular complexity index is 407. The molecular formula is C15H22N2. The first kappa shape index (κ1) is 12.3. The fourth-order valence-electron chi connectivity index (χ4n) is 2.31. The first-order chi connectivity index (χ1) is 8.20. The average molecular weight is 230 g/mol. The summed E-state index contributed by atoms with van der Waals surface area (Å²) < 4.78 is 0. The van der Waals surface area contributed by atoms with Crippen LogP contribution in [-0.4, -0.2) is 24.0 Å². The van der Waals surface area contributed by atoms with Gasteiger partial charge in [-0.2, -0.15) is 0 Å². The summed E-state index contributed by atoms with van der Waals surface area (Å²) >= 11 is 0. The topological polar surface area (TPSA) is 29.3 Å². The van der Waals surface area contributed by atoms with Crippen LogP contribution in [0.4, 0.5) is 0 Å². The Balaban J connectivity index is 2.19. The molecule has 1 aromatic rings. The van der Waals surface area contributed by atoms with Gasteiger partial charge in [-0.05, 0) is 37.0 Å². The van der Waals surface area contributed by atoms with Crippen LogP contribution >= 0.6 is 0 Å². The fourth-order valence-corrected chi connectivity index (χ4v) is 2.31. The summed E-state index contributed by atoms with van der Waals surface area (Å²) in [4.78, 5) is 2.52. The number of hydrogen-bond acceptors (Lipinski definition) is 2. The van der Waals surface area contributed by atoms with Crippen LogP contribution in [0, 0.1) is 0 Å². The van der Waals surface area contributed by atoms with Crippen molar-refractivity contribution in [1.82, 2.24) is 4.90 Å². The van der Waals surface area contributed by atoms with Crippen molar-refractivity contribution in [3.05, 3.63) is 41.5 Å². The first-order valence-corrected chi connectivity index (χ1v) is 6.43. The van der Waals surface area contributed by atoms with E-state index >= 15 is 0 Å². The Kier molecular flexibility index (Phi) is 3.97. The molecule has 0 atom stereocenters. The number of rotatable bonds is 3. The van der Waals surface area contributed by atoms with Crippen LogP contribution in [-0.2, 0) is 6.54 Å². The van der Waals surface area contributed by atoms with Crippen molar-refractivity contribution < 1.29 is 0 Å². The second-order valence-corrected chi connectivity index (χ2v) is 4.99. The lowest BCUT2D eigenvalue weighted by atomic mass is 9.98. The highest BCUT2D eigenvalue weighted by Gasteiger charge is 2.16. The zero-order valence-corrected chi connectivity index (χ0v) is 10.8.